The van der Waals surface area contributed by atoms with Crippen molar-refractivity contribution in [3.63, 3.8) is 0 Å². The van der Waals surface area contributed by atoms with E-state index in [-0.39, 0.29) is 0 Å². The summed E-state index contributed by atoms with van der Waals surface area (Å²) in [5.74, 6) is 0.130. The zero-order valence-electron chi connectivity index (χ0n) is 10.7. The highest BCUT2D eigenvalue weighted by atomic mass is 35.5. The molecule has 1 amide bonds. The van der Waals surface area contributed by atoms with Gasteiger partial charge in [-0.2, -0.15) is 11.8 Å². The molecule has 108 valence electrons. The minimum Gasteiger partial charge on any atom is -0.480 e. The lowest BCUT2D eigenvalue weighted by atomic mass is 10.1. The second kappa shape index (κ2) is 6.47. The molecule has 1 saturated heterocycles. The van der Waals surface area contributed by atoms with E-state index in [1.165, 1.54) is 6.07 Å². The van der Waals surface area contributed by atoms with Crippen molar-refractivity contribution in [2.75, 3.05) is 18.1 Å². The Bertz CT molecular complexity index is 538. The molecule has 1 aliphatic rings. The average molecular weight is 315 g/mol. The van der Waals surface area contributed by atoms with Crippen LogP contribution in [0.25, 0.3) is 0 Å². The van der Waals surface area contributed by atoms with Gasteiger partial charge in [-0.15, -0.1) is 0 Å². The third-order valence-electron chi connectivity index (χ3n) is 3.24. The number of hydrogen-bond donors (Lipinski definition) is 2. The van der Waals surface area contributed by atoms with E-state index in [1.807, 2.05) is 4.90 Å². The number of benzene rings is 1. The SMILES string of the molecule is NC(=O)c1ccc(CN2CCSCC2C(=O)O)c(Cl)c1. The molecule has 20 heavy (non-hydrogen) atoms. The number of hydrogen-bond acceptors (Lipinski definition) is 4. The minimum absolute atomic E-state index is 0.350. The van der Waals surface area contributed by atoms with E-state index in [1.54, 1.807) is 23.9 Å². The maximum absolute atomic E-state index is 11.2. The molecule has 1 unspecified atom stereocenters. The molecule has 5 nitrogen and oxygen atoms in total. The van der Waals surface area contributed by atoms with Crippen LogP contribution in [0.3, 0.4) is 0 Å². The zero-order chi connectivity index (χ0) is 14.7. The summed E-state index contributed by atoms with van der Waals surface area (Å²) in [7, 11) is 0. The van der Waals surface area contributed by atoms with E-state index in [0.29, 0.717) is 29.4 Å². The summed E-state index contributed by atoms with van der Waals surface area (Å²) in [6.45, 7) is 1.16. The number of carbonyl (C=O) groups excluding carboxylic acids is 1. The second-order valence-electron chi connectivity index (χ2n) is 4.57. The fraction of sp³-hybridized carbons (Fsp3) is 0.385. The largest absolute Gasteiger partial charge is 0.480 e. The number of rotatable bonds is 4. The van der Waals surface area contributed by atoms with Crippen LogP contribution in [-0.2, 0) is 11.3 Å². The van der Waals surface area contributed by atoms with E-state index in [0.717, 1.165) is 11.3 Å². The van der Waals surface area contributed by atoms with Crippen LogP contribution in [0.15, 0.2) is 18.2 Å². The molecule has 1 heterocycles. The van der Waals surface area contributed by atoms with Gasteiger partial charge >= 0.3 is 5.97 Å². The van der Waals surface area contributed by atoms with Gasteiger partial charge in [0.1, 0.15) is 6.04 Å². The third-order valence-corrected chi connectivity index (χ3v) is 4.61. The summed E-state index contributed by atoms with van der Waals surface area (Å²) >= 11 is 7.77. The van der Waals surface area contributed by atoms with Crippen molar-refractivity contribution >= 4 is 35.2 Å². The maximum atomic E-state index is 11.2. The molecule has 1 atom stereocenters. The van der Waals surface area contributed by atoms with Gasteiger partial charge < -0.3 is 10.8 Å². The fourth-order valence-corrected chi connectivity index (χ4v) is 3.45. The molecule has 1 aromatic carbocycles. The van der Waals surface area contributed by atoms with E-state index >= 15 is 0 Å². The van der Waals surface area contributed by atoms with Crippen LogP contribution in [0, 0.1) is 0 Å². The first kappa shape index (κ1) is 15.2. The lowest BCUT2D eigenvalue weighted by Crippen LogP contribution is -2.46. The zero-order valence-corrected chi connectivity index (χ0v) is 12.3. The topological polar surface area (TPSA) is 83.6 Å². The Hall–Kier alpha value is -1.24. The van der Waals surface area contributed by atoms with Crippen LogP contribution in [0.4, 0.5) is 0 Å². The molecule has 1 fully saturated rings. The van der Waals surface area contributed by atoms with Gasteiger partial charge in [0.15, 0.2) is 0 Å². The number of aliphatic carboxylic acids is 1. The Kier molecular flexibility index (Phi) is 4.91. The van der Waals surface area contributed by atoms with Crippen molar-refractivity contribution in [2.24, 2.45) is 5.73 Å². The van der Waals surface area contributed by atoms with E-state index < -0.39 is 17.9 Å². The van der Waals surface area contributed by atoms with Crippen molar-refractivity contribution in [3.8, 4) is 0 Å². The number of thioether (sulfide) groups is 1. The number of carboxylic acid groups (broad SMARTS) is 1. The van der Waals surface area contributed by atoms with Gasteiger partial charge in [0.2, 0.25) is 5.91 Å². The van der Waals surface area contributed by atoms with Gasteiger partial charge in [-0.1, -0.05) is 17.7 Å². The van der Waals surface area contributed by atoms with E-state index in [2.05, 4.69) is 0 Å². The molecule has 1 aromatic rings. The smallest absolute Gasteiger partial charge is 0.321 e. The van der Waals surface area contributed by atoms with Crippen molar-refractivity contribution in [3.05, 3.63) is 34.3 Å². The number of carboxylic acids is 1. The van der Waals surface area contributed by atoms with Crippen molar-refractivity contribution in [1.82, 2.24) is 4.90 Å². The number of primary amides is 1. The lowest BCUT2D eigenvalue weighted by molar-refractivity contribution is -0.142. The standard InChI is InChI=1S/C13H15ClN2O3S/c14-10-5-8(12(15)17)1-2-9(10)6-16-3-4-20-7-11(16)13(18)19/h1-2,5,11H,3-4,6-7H2,(H2,15,17)(H,18,19). The Balaban J connectivity index is 2.16. The highest BCUT2D eigenvalue weighted by Gasteiger charge is 2.29. The number of nitrogens with two attached hydrogens (primary N) is 1. The first-order chi connectivity index (χ1) is 9.49. The normalized spacial score (nSPS) is 19.8. The average Bonchev–Trinajstić information content (AvgIpc) is 2.41. The summed E-state index contributed by atoms with van der Waals surface area (Å²) in [6, 6.07) is 4.36. The molecule has 2 rings (SSSR count). The molecule has 0 aliphatic carbocycles. The molecule has 1 aliphatic heterocycles. The predicted molar refractivity (Wildman–Crippen MR) is 79.1 cm³/mol. The molecule has 0 bridgehead atoms. The molecular formula is C13H15ClN2O3S. The van der Waals surface area contributed by atoms with Crippen LogP contribution in [0.1, 0.15) is 15.9 Å². The van der Waals surface area contributed by atoms with Gasteiger partial charge in [0.05, 0.1) is 0 Å². The molecule has 0 radical (unpaired) electrons. The van der Waals surface area contributed by atoms with Crippen molar-refractivity contribution < 1.29 is 14.7 Å². The van der Waals surface area contributed by atoms with Crippen LogP contribution >= 0.6 is 23.4 Å². The van der Waals surface area contributed by atoms with Crippen molar-refractivity contribution in [2.45, 2.75) is 12.6 Å². The first-order valence-electron chi connectivity index (χ1n) is 6.12. The highest BCUT2D eigenvalue weighted by molar-refractivity contribution is 7.99. The minimum atomic E-state index is -0.818. The summed E-state index contributed by atoms with van der Waals surface area (Å²) in [4.78, 5) is 24.2. The monoisotopic (exact) mass is 314 g/mol. The molecule has 7 heteroatoms. The second-order valence-corrected chi connectivity index (χ2v) is 6.13. The Morgan fingerprint density at radius 3 is 2.85 bits per heavy atom. The highest BCUT2D eigenvalue weighted by Crippen LogP contribution is 2.24. The Labute approximate surface area is 126 Å². The summed E-state index contributed by atoms with van der Waals surface area (Å²) in [6.07, 6.45) is 0. The molecular weight excluding hydrogens is 300 g/mol. The Morgan fingerprint density at radius 1 is 1.50 bits per heavy atom. The van der Waals surface area contributed by atoms with Gasteiger partial charge in [-0.25, -0.2) is 0 Å². The van der Waals surface area contributed by atoms with Crippen LogP contribution < -0.4 is 5.73 Å². The molecule has 3 N–H and O–H groups in total. The van der Waals surface area contributed by atoms with Gasteiger partial charge in [-0.3, -0.25) is 14.5 Å². The lowest BCUT2D eigenvalue weighted by Gasteiger charge is -2.32. The van der Waals surface area contributed by atoms with E-state index in [4.69, 9.17) is 17.3 Å². The van der Waals surface area contributed by atoms with Crippen molar-refractivity contribution in [1.29, 1.82) is 0 Å². The number of halogens is 1. The maximum Gasteiger partial charge on any atom is 0.321 e. The summed E-state index contributed by atoms with van der Waals surface area (Å²) < 4.78 is 0. The molecule has 0 aromatic heterocycles. The van der Waals surface area contributed by atoms with Gasteiger partial charge in [0, 0.05) is 35.2 Å². The molecule has 0 saturated carbocycles. The summed E-state index contributed by atoms with van der Waals surface area (Å²) in [5, 5.41) is 9.66. The molecule has 0 spiro atoms. The van der Waals surface area contributed by atoms with Gasteiger partial charge in [-0.05, 0) is 17.7 Å². The van der Waals surface area contributed by atoms with E-state index in [9.17, 15) is 14.7 Å². The first-order valence-corrected chi connectivity index (χ1v) is 7.65. The predicted octanol–water partition coefficient (Wildman–Crippen LogP) is 1.44. The number of nitrogens with zero attached hydrogens (tertiary/aromatic N) is 1. The quantitative estimate of drug-likeness (QED) is 0.878. The van der Waals surface area contributed by atoms with Gasteiger partial charge in [0.25, 0.3) is 0 Å². The summed E-state index contributed by atoms with van der Waals surface area (Å²) in [5.41, 5.74) is 6.34. The fourth-order valence-electron chi connectivity index (χ4n) is 2.10. The third kappa shape index (κ3) is 3.45. The van der Waals surface area contributed by atoms with Crippen LogP contribution in [0.2, 0.25) is 5.02 Å². The number of carbonyl (C=O) groups is 2. The number of amides is 1. The Morgan fingerprint density at radius 2 is 2.25 bits per heavy atom. The van der Waals surface area contributed by atoms with Crippen LogP contribution in [-0.4, -0.2) is 46.0 Å². The van der Waals surface area contributed by atoms with Crippen LogP contribution in [0.5, 0.6) is 0 Å².